The Morgan fingerprint density at radius 3 is 2.80 bits per heavy atom. The Labute approximate surface area is 98.1 Å². The summed E-state index contributed by atoms with van der Waals surface area (Å²) in [7, 11) is 0. The third-order valence-electron chi connectivity index (χ3n) is 1.98. The molecule has 0 aliphatic heterocycles. The molecule has 15 heavy (non-hydrogen) atoms. The Bertz CT molecular complexity index is 370. The predicted octanol–water partition coefficient (Wildman–Crippen LogP) is 3.12. The van der Waals surface area contributed by atoms with Gasteiger partial charge in [0, 0.05) is 15.8 Å². The van der Waals surface area contributed by atoms with Gasteiger partial charge in [-0.25, -0.2) is 0 Å². The van der Waals surface area contributed by atoms with Crippen LogP contribution in [0.4, 0.5) is 0 Å². The molecule has 0 heterocycles. The van der Waals surface area contributed by atoms with Crippen molar-refractivity contribution in [3.63, 3.8) is 0 Å². The van der Waals surface area contributed by atoms with Crippen molar-refractivity contribution in [2.75, 3.05) is 0 Å². The fourth-order valence-corrected chi connectivity index (χ4v) is 2.27. The second-order valence-corrected chi connectivity index (χ2v) is 4.76. The minimum absolute atomic E-state index is 0.000216. The molecule has 0 aliphatic carbocycles. The van der Waals surface area contributed by atoms with Crippen LogP contribution >= 0.6 is 23.4 Å². The van der Waals surface area contributed by atoms with Gasteiger partial charge in [-0.2, -0.15) is 0 Å². The summed E-state index contributed by atoms with van der Waals surface area (Å²) in [6, 6.07) is 4.99. The molecule has 1 unspecified atom stereocenters. The molecule has 1 atom stereocenters. The highest BCUT2D eigenvalue weighted by Crippen LogP contribution is 2.37. The van der Waals surface area contributed by atoms with Crippen molar-refractivity contribution < 1.29 is 5.11 Å². The second-order valence-electron chi connectivity index (χ2n) is 3.08. The van der Waals surface area contributed by atoms with Crippen LogP contribution in [-0.2, 0) is 0 Å². The maximum Gasteiger partial charge on any atom is 0.151 e. The number of aromatic hydroxyl groups is 1. The van der Waals surface area contributed by atoms with E-state index in [9.17, 15) is 5.11 Å². The number of hydrogen-bond donors (Lipinski definition) is 3. The van der Waals surface area contributed by atoms with E-state index in [1.54, 1.807) is 12.1 Å². The molecule has 0 radical (unpaired) electrons. The number of amidine groups is 1. The summed E-state index contributed by atoms with van der Waals surface area (Å²) in [6.45, 7) is 1.98. The van der Waals surface area contributed by atoms with E-state index in [4.69, 9.17) is 22.7 Å². The summed E-state index contributed by atoms with van der Waals surface area (Å²) in [6.07, 6.45) is 0.791. The minimum Gasteiger partial charge on any atom is -0.508 e. The van der Waals surface area contributed by atoms with Gasteiger partial charge >= 0.3 is 0 Å². The largest absolute Gasteiger partial charge is 0.508 e. The van der Waals surface area contributed by atoms with Gasteiger partial charge in [-0.1, -0.05) is 36.4 Å². The van der Waals surface area contributed by atoms with E-state index >= 15 is 0 Å². The van der Waals surface area contributed by atoms with Crippen molar-refractivity contribution in [2.45, 2.75) is 18.6 Å². The van der Waals surface area contributed by atoms with Crippen LogP contribution in [0, 0.1) is 5.41 Å². The maximum absolute atomic E-state index is 9.70. The first kappa shape index (κ1) is 12.2. The zero-order chi connectivity index (χ0) is 11.4. The van der Waals surface area contributed by atoms with Crippen molar-refractivity contribution in [2.24, 2.45) is 5.73 Å². The van der Waals surface area contributed by atoms with E-state index in [1.807, 2.05) is 6.92 Å². The molecule has 0 saturated heterocycles. The third-order valence-corrected chi connectivity index (χ3v) is 3.34. The molecular formula is C10H13ClN2OS. The van der Waals surface area contributed by atoms with Crippen molar-refractivity contribution in [3.8, 4) is 5.75 Å². The van der Waals surface area contributed by atoms with E-state index in [1.165, 1.54) is 17.8 Å². The summed E-state index contributed by atoms with van der Waals surface area (Å²) in [4.78, 5) is 0. The lowest BCUT2D eigenvalue weighted by Gasteiger charge is -2.15. The molecule has 0 aliphatic rings. The summed E-state index contributed by atoms with van der Waals surface area (Å²) in [5.41, 5.74) is 6.09. The number of halogens is 1. The molecule has 5 heteroatoms. The topological polar surface area (TPSA) is 70.1 Å². The zero-order valence-corrected chi connectivity index (χ0v) is 9.90. The smallest absolute Gasteiger partial charge is 0.151 e. The number of phenolic OH excluding ortho intramolecular Hbond substituents is 1. The van der Waals surface area contributed by atoms with E-state index in [0.29, 0.717) is 5.02 Å². The van der Waals surface area contributed by atoms with Gasteiger partial charge in [0.2, 0.25) is 0 Å². The van der Waals surface area contributed by atoms with Crippen LogP contribution in [-0.4, -0.2) is 10.3 Å². The molecule has 0 spiro atoms. The standard InChI is InChI=1S/C10H13ClN2OS/c1-2-9(15-10(12)13)7-4-3-6(11)5-8(7)14/h3-5,9,14H,2H2,1H3,(H3,12,13). The highest BCUT2D eigenvalue weighted by atomic mass is 35.5. The Morgan fingerprint density at radius 1 is 1.67 bits per heavy atom. The van der Waals surface area contributed by atoms with Crippen molar-refractivity contribution in [1.82, 2.24) is 0 Å². The number of thioether (sulfide) groups is 1. The average Bonchev–Trinajstić information content (AvgIpc) is 2.14. The molecule has 82 valence electrons. The molecular weight excluding hydrogens is 232 g/mol. The number of nitrogens with one attached hydrogen (secondary N) is 1. The van der Waals surface area contributed by atoms with E-state index in [-0.39, 0.29) is 16.2 Å². The maximum atomic E-state index is 9.70. The monoisotopic (exact) mass is 244 g/mol. The molecule has 3 nitrogen and oxygen atoms in total. The molecule has 1 aromatic carbocycles. The average molecular weight is 245 g/mol. The Balaban J connectivity index is 2.96. The van der Waals surface area contributed by atoms with E-state index in [2.05, 4.69) is 0 Å². The first-order valence-electron chi connectivity index (χ1n) is 4.53. The van der Waals surface area contributed by atoms with Gasteiger partial charge in [0.1, 0.15) is 5.75 Å². The van der Waals surface area contributed by atoms with Crippen LogP contribution in [0.3, 0.4) is 0 Å². The van der Waals surface area contributed by atoms with Crippen LogP contribution in [0.25, 0.3) is 0 Å². The fraction of sp³-hybridized carbons (Fsp3) is 0.300. The highest BCUT2D eigenvalue weighted by Gasteiger charge is 2.15. The van der Waals surface area contributed by atoms with Crippen LogP contribution in [0.5, 0.6) is 5.75 Å². The molecule has 0 aromatic heterocycles. The van der Waals surface area contributed by atoms with Crippen molar-refractivity contribution in [3.05, 3.63) is 28.8 Å². The van der Waals surface area contributed by atoms with Gasteiger partial charge in [-0.15, -0.1) is 0 Å². The van der Waals surface area contributed by atoms with Gasteiger partial charge in [0.15, 0.2) is 5.17 Å². The van der Waals surface area contributed by atoms with E-state index in [0.717, 1.165) is 12.0 Å². The van der Waals surface area contributed by atoms with Gasteiger partial charge in [0.05, 0.1) is 0 Å². The summed E-state index contributed by atoms with van der Waals surface area (Å²) in [5, 5.41) is 17.5. The Morgan fingerprint density at radius 2 is 2.33 bits per heavy atom. The number of benzene rings is 1. The molecule has 0 fully saturated rings. The summed E-state index contributed by atoms with van der Waals surface area (Å²) >= 11 is 6.97. The van der Waals surface area contributed by atoms with E-state index < -0.39 is 0 Å². The van der Waals surface area contributed by atoms with Gasteiger partial charge in [-0.3, -0.25) is 5.41 Å². The number of rotatable bonds is 3. The lowest BCUT2D eigenvalue weighted by atomic mass is 10.1. The van der Waals surface area contributed by atoms with Gasteiger partial charge in [-0.05, 0) is 18.6 Å². The molecule has 4 N–H and O–H groups in total. The zero-order valence-electron chi connectivity index (χ0n) is 8.33. The van der Waals surface area contributed by atoms with Crippen LogP contribution in [0.2, 0.25) is 5.02 Å². The SMILES string of the molecule is CCC(SC(=N)N)c1ccc(Cl)cc1O. The summed E-state index contributed by atoms with van der Waals surface area (Å²) < 4.78 is 0. The Kier molecular flexibility index (Phi) is 4.29. The second kappa shape index (κ2) is 5.28. The molecule has 0 amide bonds. The van der Waals surface area contributed by atoms with Crippen LogP contribution < -0.4 is 5.73 Å². The third kappa shape index (κ3) is 3.32. The highest BCUT2D eigenvalue weighted by molar-refractivity contribution is 8.13. The molecule has 1 aromatic rings. The molecule has 1 rings (SSSR count). The number of phenols is 1. The predicted molar refractivity (Wildman–Crippen MR) is 65.7 cm³/mol. The fourth-order valence-electron chi connectivity index (χ4n) is 1.31. The van der Waals surface area contributed by atoms with Crippen molar-refractivity contribution in [1.29, 1.82) is 5.41 Å². The normalized spacial score (nSPS) is 12.4. The quantitative estimate of drug-likeness (QED) is 0.565. The molecule has 0 bridgehead atoms. The number of nitrogens with two attached hydrogens (primary N) is 1. The van der Waals surface area contributed by atoms with Gasteiger partial charge in [0.25, 0.3) is 0 Å². The minimum atomic E-state index is -0.000216. The first-order chi connectivity index (χ1) is 7.04. The number of hydrogen-bond acceptors (Lipinski definition) is 3. The first-order valence-corrected chi connectivity index (χ1v) is 5.79. The van der Waals surface area contributed by atoms with Gasteiger partial charge < -0.3 is 10.8 Å². The van der Waals surface area contributed by atoms with Crippen LogP contribution in [0.1, 0.15) is 24.2 Å². The lowest BCUT2D eigenvalue weighted by Crippen LogP contribution is -2.07. The summed E-state index contributed by atoms with van der Waals surface area (Å²) in [5.74, 6) is 0.156. The lowest BCUT2D eigenvalue weighted by molar-refractivity contribution is 0.467. The van der Waals surface area contributed by atoms with Crippen molar-refractivity contribution >= 4 is 28.5 Å². The molecule has 0 saturated carbocycles. The Hall–Kier alpha value is -0.870. The van der Waals surface area contributed by atoms with Crippen LogP contribution in [0.15, 0.2) is 18.2 Å².